The van der Waals surface area contributed by atoms with E-state index in [1.54, 1.807) is 12.1 Å². The first kappa shape index (κ1) is 28.7. The number of ether oxygens (including phenoxy) is 1. The summed E-state index contributed by atoms with van der Waals surface area (Å²) in [5.41, 5.74) is 6.70. The molecule has 3 aromatic carbocycles. The summed E-state index contributed by atoms with van der Waals surface area (Å²) in [4.78, 5) is 19.0. The van der Waals surface area contributed by atoms with Crippen LogP contribution in [0.25, 0.3) is 22.1 Å². The molecule has 4 atom stereocenters. The maximum atomic E-state index is 13.0. The van der Waals surface area contributed by atoms with Gasteiger partial charge in [0.2, 0.25) is 0 Å². The zero-order valence-corrected chi connectivity index (χ0v) is 25.2. The third-order valence-electron chi connectivity index (χ3n) is 9.42. The predicted octanol–water partition coefficient (Wildman–Crippen LogP) is 7.92. The minimum Gasteiger partial charge on any atom is -0.404 e. The Morgan fingerprint density at radius 3 is 1.76 bits per heavy atom. The van der Waals surface area contributed by atoms with Gasteiger partial charge in [0.05, 0.1) is 51.3 Å². The second kappa shape index (κ2) is 11.2. The number of nitrogens with zero attached hydrogens (tertiary/aromatic N) is 3. The first-order valence-corrected chi connectivity index (χ1v) is 16.0. The monoisotopic (exact) mass is 635 g/mol. The van der Waals surface area contributed by atoms with Crippen molar-refractivity contribution >= 4 is 39.4 Å². The molecular formula is C33H33ClF3N7O. The average molecular weight is 636 g/mol. The first-order valence-electron chi connectivity index (χ1n) is 15.6. The van der Waals surface area contributed by atoms with Crippen LogP contribution >= 0.6 is 11.6 Å². The van der Waals surface area contributed by atoms with Crippen LogP contribution in [0, 0.1) is 0 Å². The molecule has 8 nitrogen and oxygen atoms in total. The van der Waals surface area contributed by atoms with Crippen molar-refractivity contribution in [2.75, 3.05) is 18.0 Å². The quantitative estimate of drug-likeness (QED) is 0.151. The van der Waals surface area contributed by atoms with Crippen molar-refractivity contribution in [1.29, 1.82) is 0 Å². The molecule has 5 aromatic rings. The molecule has 0 amide bonds. The van der Waals surface area contributed by atoms with Gasteiger partial charge in [-0.15, -0.1) is 13.2 Å². The minimum absolute atomic E-state index is 0.0445. The molecule has 0 spiro atoms. The highest BCUT2D eigenvalue weighted by atomic mass is 35.5. The highest BCUT2D eigenvalue weighted by Crippen LogP contribution is 2.49. The summed E-state index contributed by atoms with van der Waals surface area (Å²) in [7, 11) is 0. The van der Waals surface area contributed by atoms with Crippen molar-refractivity contribution in [3.63, 3.8) is 0 Å². The molecule has 5 heterocycles. The molecule has 3 aliphatic rings. The van der Waals surface area contributed by atoms with Crippen LogP contribution in [0.4, 0.5) is 18.9 Å². The number of nitrogens with one attached hydrogen (secondary N) is 4. The molecule has 4 N–H and O–H groups in total. The molecule has 8 rings (SSSR count). The summed E-state index contributed by atoms with van der Waals surface area (Å²) in [5, 5.41) is 6.92. The number of fused-ring (bicyclic) bond motifs is 2. The fourth-order valence-electron chi connectivity index (χ4n) is 7.36. The lowest BCUT2D eigenvalue weighted by Gasteiger charge is -2.33. The molecule has 0 unspecified atom stereocenters. The third-order valence-corrected chi connectivity index (χ3v) is 9.72. The van der Waals surface area contributed by atoms with E-state index < -0.39 is 12.1 Å². The SMILES string of the molecule is FC(F)(F)Oc1ccc(N2[C@@H](c3ccc4nc([C@@H]5CCCN5)[nH]c4c3)CC[C@H]2c2ccc3nc([C@@H]4CCCN4)[nH]c3c2)cc1Cl. The van der Waals surface area contributed by atoms with E-state index in [1.165, 1.54) is 6.07 Å². The van der Waals surface area contributed by atoms with E-state index in [2.05, 4.69) is 54.5 Å². The van der Waals surface area contributed by atoms with Gasteiger partial charge in [0, 0.05) is 5.69 Å². The Bertz CT molecular complexity index is 1760. The van der Waals surface area contributed by atoms with Gasteiger partial charge in [0.25, 0.3) is 0 Å². The smallest absolute Gasteiger partial charge is 0.404 e. The molecule has 0 bridgehead atoms. The molecule has 0 radical (unpaired) electrons. The number of alkyl halides is 3. The number of imidazole rings is 2. The maximum Gasteiger partial charge on any atom is 0.573 e. The largest absolute Gasteiger partial charge is 0.573 e. The van der Waals surface area contributed by atoms with Crippen LogP contribution in [0.3, 0.4) is 0 Å². The van der Waals surface area contributed by atoms with Gasteiger partial charge in [0.15, 0.2) is 0 Å². The summed E-state index contributed by atoms with van der Waals surface area (Å²) < 4.78 is 43.3. The lowest BCUT2D eigenvalue weighted by molar-refractivity contribution is -0.274. The van der Waals surface area contributed by atoms with Crippen LogP contribution in [0.15, 0.2) is 54.6 Å². The summed E-state index contributed by atoms with van der Waals surface area (Å²) in [6.07, 6.45) is 1.23. The van der Waals surface area contributed by atoms with Gasteiger partial charge in [-0.2, -0.15) is 0 Å². The highest BCUT2D eigenvalue weighted by Gasteiger charge is 2.37. The lowest BCUT2D eigenvalue weighted by atomic mass is 10.0. The Labute approximate surface area is 262 Å². The van der Waals surface area contributed by atoms with Crippen LogP contribution < -0.4 is 20.3 Å². The van der Waals surface area contributed by atoms with Gasteiger partial charge in [-0.3, -0.25) is 0 Å². The minimum atomic E-state index is -4.83. The van der Waals surface area contributed by atoms with E-state index in [-0.39, 0.29) is 29.2 Å². The summed E-state index contributed by atoms with van der Waals surface area (Å²) in [5.74, 6) is 1.49. The summed E-state index contributed by atoms with van der Waals surface area (Å²) in [6, 6.07) is 17.5. The van der Waals surface area contributed by atoms with Crippen molar-refractivity contribution in [2.24, 2.45) is 0 Å². The second-order valence-electron chi connectivity index (χ2n) is 12.3. The number of aromatic nitrogens is 4. The Hall–Kier alpha value is -3.80. The molecular weight excluding hydrogens is 603 g/mol. The topological polar surface area (TPSA) is 93.9 Å². The number of aromatic amines is 2. The maximum absolute atomic E-state index is 13.0. The van der Waals surface area contributed by atoms with Gasteiger partial charge in [-0.1, -0.05) is 23.7 Å². The number of H-pyrrole nitrogens is 2. The number of halogens is 4. The van der Waals surface area contributed by atoms with Gasteiger partial charge in [-0.05, 0) is 105 Å². The predicted molar refractivity (Wildman–Crippen MR) is 167 cm³/mol. The molecule has 2 aromatic heterocycles. The van der Waals surface area contributed by atoms with Gasteiger partial charge in [0.1, 0.15) is 17.4 Å². The highest BCUT2D eigenvalue weighted by molar-refractivity contribution is 6.32. The fourth-order valence-corrected chi connectivity index (χ4v) is 7.57. The van der Waals surface area contributed by atoms with Crippen molar-refractivity contribution in [3.8, 4) is 5.75 Å². The second-order valence-corrected chi connectivity index (χ2v) is 12.7. The number of benzene rings is 3. The zero-order chi connectivity index (χ0) is 30.7. The number of hydrogen-bond acceptors (Lipinski definition) is 6. The average Bonchev–Trinajstić information content (AvgIpc) is 3.85. The van der Waals surface area contributed by atoms with Gasteiger partial charge >= 0.3 is 6.36 Å². The normalized spacial score (nSPS) is 24.0. The zero-order valence-electron chi connectivity index (χ0n) is 24.4. The molecule has 3 saturated heterocycles. The Kier molecular flexibility index (Phi) is 7.15. The Balaban J connectivity index is 1.17. The van der Waals surface area contributed by atoms with Gasteiger partial charge in [-0.25, -0.2) is 9.97 Å². The van der Waals surface area contributed by atoms with Crippen molar-refractivity contribution < 1.29 is 17.9 Å². The van der Waals surface area contributed by atoms with E-state index in [0.717, 1.165) is 102 Å². The molecule has 12 heteroatoms. The molecule has 3 fully saturated rings. The van der Waals surface area contributed by atoms with E-state index in [0.29, 0.717) is 0 Å². The number of anilines is 1. The van der Waals surface area contributed by atoms with Gasteiger partial charge < -0.3 is 30.2 Å². The Morgan fingerprint density at radius 1 is 0.733 bits per heavy atom. The molecule has 0 saturated carbocycles. The van der Waals surface area contributed by atoms with E-state index in [1.807, 2.05) is 12.1 Å². The van der Waals surface area contributed by atoms with Crippen molar-refractivity contribution in [3.05, 3.63) is 82.4 Å². The Morgan fingerprint density at radius 2 is 1.29 bits per heavy atom. The molecule has 0 aliphatic carbocycles. The van der Waals surface area contributed by atoms with Crippen LogP contribution in [0.5, 0.6) is 5.75 Å². The van der Waals surface area contributed by atoms with Crippen LogP contribution in [0.1, 0.15) is 85.5 Å². The standard InChI is InChI=1S/C33H33ClF3N7O/c34-21-17-20(7-12-30(21)45-33(35,36)37)44-28(18-5-8-22-26(15-18)42-31(40-22)24-3-1-13-38-24)10-11-29(44)19-6-9-23-27(16-19)43-32(41-23)25-4-2-14-39-25/h5-9,12,15-17,24-25,28-29,38-39H,1-4,10-11,13-14H2,(H,40,42)(H,41,43)/t24-,25-,28-,29+/m0/s1. The molecule has 3 aliphatic heterocycles. The number of hydrogen-bond donors (Lipinski definition) is 4. The van der Waals surface area contributed by atoms with Crippen LogP contribution in [-0.2, 0) is 0 Å². The fraction of sp³-hybridized carbons (Fsp3) is 0.394. The van der Waals surface area contributed by atoms with E-state index >= 15 is 0 Å². The summed E-state index contributed by atoms with van der Waals surface area (Å²) >= 11 is 6.40. The third kappa shape index (κ3) is 5.51. The van der Waals surface area contributed by atoms with E-state index in [9.17, 15) is 13.2 Å². The number of rotatable bonds is 6. The van der Waals surface area contributed by atoms with E-state index in [4.69, 9.17) is 21.6 Å². The first-order chi connectivity index (χ1) is 21.8. The lowest BCUT2D eigenvalue weighted by Crippen LogP contribution is -2.26. The summed E-state index contributed by atoms with van der Waals surface area (Å²) in [6.45, 7) is 1.98. The van der Waals surface area contributed by atoms with Crippen LogP contribution in [-0.4, -0.2) is 39.4 Å². The van der Waals surface area contributed by atoms with Crippen molar-refractivity contribution in [1.82, 2.24) is 30.6 Å². The van der Waals surface area contributed by atoms with Crippen molar-refractivity contribution in [2.45, 2.75) is 69.1 Å². The molecule has 234 valence electrons. The molecule has 45 heavy (non-hydrogen) atoms. The van der Waals surface area contributed by atoms with Crippen LogP contribution in [0.2, 0.25) is 5.02 Å².